The van der Waals surface area contributed by atoms with E-state index in [1.165, 1.54) is 12.0 Å². The summed E-state index contributed by atoms with van der Waals surface area (Å²) in [6, 6.07) is 9.57. The van der Waals surface area contributed by atoms with Gasteiger partial charge in [-0.1, -0.05) is 35.0 Å². The molecule has 20 heavy (non-hydrogen) atoms. The molecule has 0 amide bonds. The van der Waals surface area contributed by atoms with Gasteiger partial charge in [0.15, 0.2) is 0 Å². The molecule has 2 N–H and O–H groups in total. The Morgan fingerprint density at radius 3 is 2.40 bits per heavy atom. The number of nitrogens with zero attached hydrogens (tertiary/aromatic N) is 2. The molecule has 1 aliphatic rings. The molecule has 3 nitrogen and oxygen atoms in total. The molecule has 1 aromatic rings. The maximum atomic E-state index is 6.04. The van der Waals surface area contributed by atoms with Gasteiger partial charge in [0.25, 0.3) is 0 Å². The van der Waals surface area contributed by atoms with Gasteiger partial charge < -0.3 is 5.73 Å². The van der Waals surface area contributed by atoms with Crippen molar-refractivity contribution in [3.63, 3.8) is 0 Å². The third-order valence-electron chi connectivity index (χ3n) is 4.46. The molecule has 2 rings (SSSR count). The molecule has 1 aliphatic heterocycles. The Balaban J connectivity index is 2.00. The van der Waals surface area contributed by atoms with Crippen LogP contribution in [0.1, 0.15) is 31.9 Å². The predicted octanol–water partition coefficient (Wildman–Crippen LogP) is 2.87. The highest BCUT2D eigenvalue weighted by Crippen LogP contribution is 2.24. The molecule has 1 aromatic carbocycles. The summed E-state index contributed by atoms with van der Waals surface area (Å²) in [7, 11) is 0. The standard InChI is InChI=1S/C16H26BrN3/c1-3-13(2)19-7-9-20(10-8-19)16(12-18)14-5-4-6-15(17)11-14/h4-6,11,13,16H,3,7-10,12,18H2,1-2H3. The van der Waals surface area contributed by atoms with Gasteiger partial charge in [-0.3, -0.25) is 9.80 Å². The minimum absolute atomic E-state index is 0.339. The van der Waals surface area contributed by atoms with Gasteiger partial charge in [-0.05, 0) is 31.0 Å². The van der Waals surface area contributed by atoms with E-state index < -0.39 is 0 Å². The summed E-state index contributed by atoms with van der Waals surface area (Å²) < 4.78 is 1.13. The van der Waals surface area contributed by atoms with Gasteiger partial charge in [0.2, 0.25) is 0 Å². The second kappa shape index (κ2) is 7.55. The van der Waals surface area contributed by atoms with Crippen LogP contribution in [0.2, 0.25) is 0 Å². The van der Waals surface area contributed by atoms with Crippen LogP contribution in [0.3, 0.4) is 0 Å². The predicted molar refractivity (Wildman–Crippen MR) is 88.8 cm³/mol. The number of piperazine rings is 1. The number of nitrogens with two attached hydrogens (primary N) is 1. The Hall–Kier alpha value is -0.420. The number of rotatable bonds is 5. The smallest absolute Gasteiger partial charge is 0.0471 e. The van der Waals surface area contributed by atoms with Crippen molar-refractivity contribution < 1.29 is 0 Å². The lowest BCUT2D eigenvalue weighted by molar-refractivity contribution is 0.0743. The first-order valence-corrected chi connectivity index (χ1v) is 8.38. The first-order chi connectivity index (χ1) is 9.65. The van der Waals surface area contributed by atoms with Gasteiger partial charge in [-0.15, -0.1) is 0 Å². The van der Waals surface area contributed by atoms with Crippen molar-refractivity contribution in [2.24, 2.45) is 5.73 Å². The van der Waals surface area contributed by atoms with E-state index in [1.54, 1.807) is 0 Å². The Labute approximate surface area is 131 Å². The van der Waals surface area contributed by atoms with Crippen molar-refractivity contribution in [2.75, 3.05) is 32.7 Å². The summed E-state index contributed by atoms with van der Waals surface area (Å²) in [4.78, 5) is 5.12. The van der Waals surface area contributed by atoms with Crippen LogP contribution in [0.4, 0.5) is 0 Å². The Morgan fingerprint density at radius 1 is 1.20 bits per heavy atom. The largest absolute Gasteiger partial charge is 0.329 e. The minimum Gasteiger partial charge on any atom is -0.329 e. The summed E-state index contributed by atoms with van der Waals surface area (Å²) in [5.41, 5.74) is 7.35. The molecule has 1 heterocycles. The summed E-state index contributed by atoms with van der Waals surface area (Å²) in [5, 5.41) is 0. The van der Waals surface area contributed by atoms with Crippen molar-refractivity contribution in [2.45, 2.75) is 32.4 Å². The van der Waals surface area contributed by atoms with Crippen LogP contribution in [0.5, 0.6) is 0 Å². The number of benzene rings is 1. The first kappa shape index (κ1) is 16.0. The molecule has 112 valence electrons. The van der Waals surface area contributed by atoms with E-state index >= 15 is 0 Å². The monoisotopic (exact) mass is 339 g/mol. The van der Waals surface area contributed by atoms with Crippen LogP contribution in [-0.2, 0) is 0 Å². The van der Waals surface area contributed by atoms with Crippen molar-refractivity contribution in [3.05, 3.63) is 34.3 Å². The highest BCUT2D eigenvalue weighted by molar-refractivity contribution is 9.10. The molecule has 2 atom stereocenters. The number of halogens is 1. The van der Waals surface area contributed by atoms with Crippen LogP contribution < -0.4 is 5.73 Å². The molecule has 1 fully saturated rings. The third-order valence-corrected chi connectivity index (χ3v) is 4.95. The van der Waals surface area contributed by atoms with Crippen LogP contribution in [-0.4, -0.2) is 48.6 Å². The van der Waals surface area contributed by atoms with Gasteiger partial charge >= 0.3 is 0 Å². The van der Waals surface area contributed by atoms with Crippen molar-refractivity contribution in [3.8, 4) is 0 Å². The molecule has 4 heteroatoms. The van der Waals surface area contributed by atoms with Gasteiger partial charge in [0.05, 0.1) is 0 Å². The zero-order valence-electron chi connectivity index (χ0n) is 12.6. The highest BCUT2D eigenvalue weighted by Gasteiger charge is 2.25. The van der Waals surface area contributed by atoms with Gasteiger partial charge in [0.1, 0.15) is 0 Å². The molecule has 0 saturated carbocycles. The minimum atomic E-state index is 0.339. The molecule has 0 spiro atoms. The van der Waals surface area contributed by atoms with Crippen LogP contribution in [0.25, 0.3) is 0 Å². The summed E-state index contributed by atoms with van der Waals surface area (Å²) in [6.45, 7) is 9.79. The van der Waals surface area contributed by atoms with Gasteiger partial charge in [-0.2, -0.15) is 0 Å². The fraction of sp³-hybridized carbons (Fsp3) is 0.625. The summed E-state index contributed by atoms with van der Waals surface area (Å²) in [6.07, 6.45) is 1.23. The SMILES string of the molecule is CCC(C)N1CCN(C(CN)c2cccc(Br)c2)CC1. The Kier molecular flexibility index (Phi) is 6.02. The molecule has 0 radical (unpaired) electrons. The topological polar surface area (TPSA) is 32.5 Å². The Morgan fingerprint density at radius 2 is 1.85 bits per heavy atom. The van der Waals surface area contributed by atoms with Crippen LogP contribution >= 0.6 is 15.9 Å². The number of hydrogen-bond donors (Lipinski definition) is 1. The molecule has 0 bridgehead atoms. The fourth-order valence-corrected chi connectivity index (χ4v) is 3.37. The second-order valence-electron chi connectivity index (χ2n) is 5.64. The summed E-state index contributed by atoms with van der Waals surface area (Å²) >= 11 is 3.55. The first-order valence-electron chi connectivity index (χ1n) is 7.59. The zero-order chi connectivity index (χ0) is 14.5. The fourth-order valence-electron chi connectivity index (χ4n) is 2.96. The maximum absolute atomic E-state index is 6.04. The zero-order valence-corrected chi connectivity index (χ0v) is 14.1. The lowest BCUT2D eigenvalue weighted by atomic mass is 10.0. The van der Waals surface area contributed by atoms with E-state index in [2.05, 4.69) is 63.8 Å². The van der Waals surface area contributed by atoms with Crippen molar-refractivity contribution in [1.29, 1.82) is 0 Å². The average molecular weight is 340 g/mol. The van der Waals surface area contributed by atoms with Crippen LogP contribution in [0.15, 0.2) is 28.7 Å². The van der Waals surface area contributed by atoms with Gasteiger partial charge in [-0.25, -0.2) is 0 Å². The van der Waals surface area contributed by atoms with Crippen molar-refractivity contribution in [1.82, 2.24) is 9.80 Å². The van der Waals surface area contributed by atoms with E-state index in [9.17, 15) is 0 Å². The van der Waals surface area contributed by atoms with E-state index in [0.29, 0.717) is 18.6 Å². The van der Waals surface area contributed by atoms with Crippen LogP contribution in [0, 0.1) is 0 Å². The molecule has 0 aromatic heterocycles. The molecule has 0 aliphatic carbocycles. The van der Waals surface area contributed by atoms with E-state index in [-0.39, 0.29) is 0 Å². The molecule has 2 unspecified atom stereocenters. The molecular formula is C16H26BrN3. The number of hydrogen-bond acceptors (Lipinski definition) is 3. The highest BCUT2D eigenvalue weighted by atomic mass is 79.9. The molecular weight excluding hydrogens is 314 g/mol. The lowest BCUT2D eigenvalue weighted by Crippen LogP contribution is -2.51. The van der Waals surface area contributed by atoms with Gasteiger partial charge in [0, 0.05) is 49.3 Å². The van der Waals surface area contributed by atoms with E-state index in [0.717, 1.165) is 30.7 Å². The normalized spacial score (nSPS) is 20.8. The summed E-state index contributed by atoms with van der Waals surface area (Å²) in [5.74, 6) is 0. The van der Waals surface area contributed by atoms with Crippen molar-refractivity contribution >= 4 is 15.9 Å². The van der Waals surface area contributed by atoms with E-state index in [4.69, 9.17) is 5.73 Å². The lowest BCUT2D eigenvalue weighted by Gasteiger charge is -2.41. The maximum Gasteiger partial charge on any atom is 0.0471 e. The average Bonchev–Trinajstić information content (AvgIpc) is 2.48. The molecule has 1 saturated heterocycles. The second-order valence-corrected chi connectivity index (χ2v) is 6.55. The van der Waals surface area contributed by atoms with E-state index in [1.807, 2.05) is 0 Å². The quantitative estimate of drug-likeness (QED) is 0.895. The Bertz CT molecular complexity index is 416. The third kappa shape index (κ3) is 3.82.